The van der Waals surface area contributed by atoms with E-state index in [4.69, 9.17) is 0 Å². The zero-order valence-corrected chi connectivity index (χ0v) is 10.0. The molecule has 3 atom stereocenters. The summed E-state index contributed by atoms with van der Waals surface area (Å²) in [7, 11) is 0. The molecule has 3 unspecified atom stereocenters. The van der Waals surface area contributed by atoms with Crippen molar-refractivity contribution in [1.82, 2.24) is 0 Å². The maximum absolute atomic E-state index is 12.4. The van der Waals surface area contributed by atoms with Gasteiger partial charge in [0.05, 0.1) is 0 Å². The molecule has 0 aliphatic heterocycles. The number of fused-ring (bicyclic) bond motifs is 2. The van der Waals surface area contributed by atoms with Crippen molar-refractivity contribution in [2.75, 3.05) is 0 Å². The molecule has 2 bridgehead atoms. The molecule has 0 spiro atoms. The molecule has 2 rings (SSSR count). The molecule has 19 heavy (non-hydrogen) atoms. The third-order valence-electron chi connectivity index (χ3n) is 4.32. The van der Waals surface area contributed by atoms with Gasteiger partial charge in [0, 0.05) is 6.42 Å². The van der Waals surface area contributed by atoms with Crippen LogP contribution in [0.25, 0.3) is 0 Å². The minimum atomic E-state index is -5.55. The largest absolute Gasteiger partial charge is 0.407 e. The van der Waals surface area contributed by atoms with Gasteiger partial charge in [-0.3, -0.25) is 4.79 Å². The summed E-state index contributed by atoms with van der Waals surface area (Å²) in [5, 5.41) is 0. The number of Topliss-reactive ketones (excluding diaryl/α,β-unsaturated/α-hetero) is 1. The number of alkyl halides is 6. The van der Waals surface area contributed by atoms with Crippen molar-refractivity contribution in [2.45, 2.75) is 44.5 Å². The van der Waals surface area contributed by atoms with Crippen LogP contribution < -0.4 is 0 Å². The van der Waals surface area contributed by atoms with Gasteiger partial charge in [0.15, 0.2) is 5.78 Å². The molecule has 0 heterocycles. The molecule has 0 amide bonds. The van der Waals surface area contributed by atoms with E-state index in [0.717, 1.165) is 19.3 Å². The molecule has 2 aliphatic rings. The van der Waals surface area contributed by atoms with Crippen LogP contribution in [0.3, 0.4) is 0 Å². The van der Waals surface area contributed by atoms with E-state index in [1.807, 2.05) is 0 Å². The van der Waals surface area contributed by atoms with Gasteiger partial charge in [-0.2, -0.15) is 26.3 Å². The molecule has 0 radical (unpaired) electrons. The Hall–Kier alpha value is -0.750. The van der Waals surface area contributed by atoms with Crippen molar-refractivity contribution in [1.29, 1.82) is 0 Å². The number of hydrogen-bond acceptors (Lipinski definition) is 1. The number of ketones is 1. The first-order valence-electron chi connectivity index (χ1n) is 6.25. The second-order valence-electron chi connectivity index (χ2n) is 5.62. The van der Waals surface area contributed by atoms with E-state index in [0.29, 0.717) is 12.3 Å². The highest BCUT2D eigenvalue weighted by atomic mass is 19.4. The van der Waals surface area contributed by atoms with Crippen molar-refractivity contribution in [3.63, 3.8) is 0 Å². The molecule has 0 aromatic heterocycles. The van der Waals surface area contributed by atoms with E-state index in [1.54, 1.807) is 0 Å². The molecular weight excluding hydrogens is 274 g/mol. The Morgan fingerprint density at radius 2 is 1.58 bits per heavy atom. The van der Waals surface area contributed by atoms with E-state index >= 15 is 0 Å². The summed E-state index contributed by atoms with van der Waals surface area (Å²) in [6, 6.07) is 0. The average Bonchev–Trinajstić information content (AvgIpc) is 2.72. The molecule has 2 aliphatic carbocycles. The van der Waals surface area contributed by atoms with Crippen LogP contribution in [0, 0.1) is 23.7 Å². The van der Waals surface area contributed by atoms with Gasteiger partial charge in [-0.1, -0.05) is 6.42 Å². The SMILES string of the molecule is O=C(CC1CC2CCC1C2)C(C(F)(F)F)C(F)(F)F. The summed E-state index contributed by atoms with van der Waals surface area (Å²) < 4.78 is 74.3. The van der Waals surface area contributed by atoms with Gasteiger partial charge in [-0.25, -0.2) is 0 Å². The predicted octanol–water partition coefficient (Wildman–Crippen LogP) is 4.12. The van der Waals surface area contributed by atoms with Gasteiger partial charge in [0.25, 0.3) is 0 Å². The lowest BCUT2D eigenvalue weighted by Gasteiger charge is -2.26. The van der Waals surface area contributed by atoms with Crippen molar-refractivity contribution in [3.8, 4) is 0 Å². The zero-order valence-electron chi connectivity index (χ0n) is 10.0. The van der Waals surface area contributed by atoms with Crippen molar-refractivity contribution in [2.24, 2.45) is 23.7 Å². The molecule has 0 saturated heterocycles. The Labute approximate surface area is 106 Å². The number of rotatable bonds is 3. The Bertz CT molecular complexity index is 344. The maximum atomic E-state index is 12.4. The van der Waals surface area contributed by atoms with Gasteiger partial charge in [-0.15, -0.1) is 0 Å². The van der Waals surface area contributed by atoms with E-state index < -0.39 is 30.5 Å². The lowest BCUT2D eigenvalue weighted by Crippen LogP contribution is -2.43. The van der Waals surface area contributed by atoms with Crippen molar-refractivity contribution < 1.29 is 31.1 Å². The topological polar surface area (TPSA) is 17.1 Å². The first-order chi connectivity index (χ1) is 8.59. The first-order valence-corrected chi connectivity index (χ1v) is 6.25. The minimum Gasteiger partial charge on any atom is -0.299 e. The van der Waals surface area contributed by atoms with E-state index in [-0.39, 0.29) is 11.8 Å². The van der Waals surface area contributed by atoms with Gasteiger partial charge in [0.2, 0.25) is 5.92 Å². The third kappa shape index (κ3) is 3.05. The molecule has 1 nitrogen and oxygen atoms in total. The molecule has 0 aromatic carbocycles. The highest BCUT2D eigenvalue weighted by molar-refractivity contribution is 5.82. The molecule has 2 fully saturated rings. The van der Waals surface area contributed by atoms with Crippen LogP contribution in [-0.4, -0.2) is 18.1 Å². The third-order valence-corrected chi connectivity index (χ3v) is 4.32. The minimum absolute atomic E-state index is 0.135. The number of hydrogen-bond donors (Lipinski definition) is 0. The maximum Gasteiger partial charge on any atom is 0.407 e. The molecule has 110 valence electrons. The highest BCUT2D eigenvalue weighted by Crippen LogP contribution is 2.51. The molecular formula is C12H14F6O. The summed E-state index contributed by atoms with van der Waals surface area (Å²) in [6.07, 6.45) is -8.44. The van der Waals surface area contributed by atoms with Crippen LogP contribution in [-0.2, 0) is 4.79 Å². The first kappa shape index (κ1) is 14.7. The molecule has 0 N–H and O–H groups in total. The van der Waals surface area contributed by atoms with Crippen LogP contribution in [0.2, 0.25) is 0 Å². The van der Waals surface area contributed by atoms with Crippen molar-refractivity contribution in [3.05, 3.63) is 0 Å². The fourth-order valence-corrected chi connectivity index (χ4v) is 3.55. The zero-order chi connectivity index (χ0) is 14.4. The van der Waals surface area contributed by atoms with E-state index in [9.17, 15) is 31.1 Å². The van der Waals surface area contributed by atoms with E-state index in [1.165, 1.54) is 0 Å². The number of carbonyl (C=O) groups excluding carboxylic acids is 1. The fraction of sp³-hybridized carbons (Fsp3) is 0.917. The van der Waals surface area contributed by atoms with Crippen LogP contribution >= 0.6 is 0 Å². The lowest BCUT2D eigenvalue weighted by atomic mass is 9.82. The average molecular weight is 288 g/mol. The Balaban J connectivity index is 2.04. The Morgan fingerprint density at radius 3 is 1.95 bits per heavy atom. The standard InChI is InChI=1S/C12H14F6O/c13-11(14,15)10(12(16,17)18)9(19)5-8-4-6-1-2-7(8)3-6/h6-8,10H,1-5H2. The second-order valence-corrected chi connectivity index (χ2v) is 5.62. The smallest absolute Gasteiger partial charge is 0.299 e. The second kappa shape index (κ2) is 4.66. The summed E-state index contributed by atoms with van der Waals surface area (Å²) in [5.41, 5.74) is 0. The number of carbonyl (C=O) groups is 1. The van der Waals surface area contributed by atoms with Crippen LogP contribution in [0.5, 0.6) is 0 Å². The fourth-order valence-electron chi connectivity index (χ4n) is 3.55. The quantitative estimate of drug-likeness (QED) is 0.714. The van der Waals surface area contributed by atoms with Crippen LogP contribution in [0.4, 0.5) is 26.3 Å². The van der Waals surface area contributed by atoms with Crippen molar-refractivity contribution >= 4 is 5.78 Å². The van der Waals surface area contributed by atoms with Gasteiger partial charge in [-0.05, 0) is 37.0 Å². The Morgan fingerprint density at radius 1 is 1.00 bits per heavy atom. The summed E-state index contributed by atoms with van der Waals surface area (Å²) >= 11 is 0. The Kier molecular flexibility index (Phi) is 3.60. The van der Waals surface area contributed by atoms with Gasteiger partial charge >= 0.3 is 12.4 Å². The molecule has 7 heteroatoms. The normalized spacial score (nSPS) is 31.2. The number of halogens is 6. The van der Waals surface area contributed by atoms with Gasteiger partial charge in [0.1, 0.15) is 0 Å². The highest BCUT2D eigenvalue weighted by Gasteiger charge is 2.61. The van der Waals surface area contributed by atoms with E-state index in [2.05, 4.69) is 0 Å². The van der Waals surface area contributed by atoms with Crippen LogP contribution in [0.1, 0.15) is 32.1 Å². The predicted molar refractivity (Wildman–Crippen MR) is 54.2 cm³/mol. The van der Waals surface area contributed by atoms with Crippen LogP contribution in [0.15, 0.2) is 0 Å². The molecule has 0 aromatic rings. The monoisotopic (exact) mass is 288 g/mol. The summed E-state index contributed by atoms with van der Waals surface area (Å²) in [6.45, 7) is 0. The summed E-state index contributed by atoms with van der Waals surface area (Å²) in [4.78, 5) is 11.4. The molecule has 2 saturated carbocycles. The lowest BCUT2D eigenvalue weighted by molar-refractivity contribution is -0.273. The van der Waals surface area contributed by atoms with Gasteiger partial charge < -0.3 is 0 Å². The summed E-state index contributed by atoms with van der Waals surface area (Å²) in [5.74, 6) is -5.32.